The van der Waals surface area contributed by atoms with Crippen LogP contribution < -0.4 is 90.1 Å². The molecule has 38 atom stereocenters. The van der Waals surface area contributed by atoms with Gasteiger partial charge in [0.1, 0.15) is 134 Å². The van der Waals surface area contributed by atoms with E-state index in [1.54, 1.807) is 0 Å². The maximum absolute atomic E-state index is 11.9. The Morgan fingerprint density at radius 1 is 0.306 bits per heavy atom. The minimum atomic E-state index is -1.69. The molecule has 44 heteroatoms. The highest BCUT2D eigenvalue weighted by molar-refractivity contribution is 7.80. The van der Waals surface area contributed by atoms with E-state index in [9.17, 15) is 61.3 Å². The Hall–Kier alpha value is -2.14. The lowest BCUT2D eigenvalue weighted by atomic mass is 9.84. The van der Waals surface area contributed by atoms with Crippen LogP contribution in [0.1, 0.15) is 12.8 Å². The first-order valence-electron chi connectivity index (χ1n) is 32.6. The molecule has 40 N–H and O–H groups in total. The number of rotatable bonds is 29. The Morgan fingerprint density at radius 2 is 0.571 bits per heavy atom. The molecule has 2 aliphatic carbocycles. The van der Waals surface area contributed by atoms with Crippen molar-refractivity contribution in [3.8, 4) is 0 Å². The summed E-state index contributed by atoms with van der Waals surface area (Å²) >= 11 is 11.1. The fraction of sp³-hybridized carbons (Fsp3) is 0.963. The first-order valence-corrected chi connectivity index (χ1v) is 33.4. The fourth-order valence-corrected chi connectivity index (χ4v) is 13.2. The van der Waals surface area contributed by atoms with Crippen LogP contribution in [0, 0.1) is 0 Å². The molecule has 8 fully saturated rings. The summed E-state index contributed by atoms with van der Waals surface area (Å²) < 4.78 is 84.2. The zero-order valence-corrected chi connectivity index (χ0v) is 55.3. The van der Waals surface area contributed by atoms with Crippen LogP contribution in [-0.2, 0) is 66.3 Å². The zero-order chi connectivity index (χ0) is 71.7. The van der Waals surface area contributed by atoms with Gasteiger partial charge in [0.25, 0.3) is 0 Å². The molecule has 2 saturated carbocycles. The van der Waals surface area contributed by atoms with Gasteiger partial charge >= 0.3 is 0 Å². The van der Waals surface area contributed by atoms with Crippen molar-refractivity contribution in [3.05, 3.63) is 0 Å². The van der Waals surface area contributed by atoms with Gasteiger partial charge in [-0.15, -0.1) is 0 Å². The van der Waals surface area contributed by atoms with E-state index in [1.807, 2.05) is 0 Å². The lowest BCUT2D eigenvalue weighted by Crippen LogP contribution is -2.68. The highest BCUT2D eigenvalue weighted by Gasteiger charge is 2.58. The average Bonchev–Trinajstić information content (AvgIpc) is 0.985. The normalized spacial score (nSPS) is 47.8. The van der Waals surface area contributed by atoms with E-state index in [0.29, 0.717) is 0 Å². The predicted octanol–water partition coefficient (Wildman–Crippen LogP) is -17.8. The van der Waals surface area contributed by atoms with Crippen LogP contribution in [0.2, 0.25) is 0 Å². The third-order valence-corrected chi connectivity index (χ3v) is 19.3. The van der Waals surface area contributed by atoms with Crippen molar-refractivity contribution >= 4 is 34.7 Å². The van der Waals surface area contributed by atoms with Gasteiger partial charge < -0.3 is 218 Å². The summed E-state index contributed by atoms with van der Waals surface area (Å²) in [6, 6.07) is -9.06. The molecule has 0 aromatic carbocycles. The van der Waals surface area contributed by atoms with Crippen LogP contribution in [0.15, 0.2) is 0 Å². The summed E-state index contributed by atoms with van der Waals surface area (Å²) in [5.74, 6) is 0. The predicted molar refractivity (Wildman–Crippen MR) is 341 cm³/mol. The van der Waals surface area contributed by atoms with Crippen molar-refractivity contribution in [2.45, 2.75) is 245 Å². The van der Waals surface area contributed by atoms with Gasteiger partial charge in [-0.25, -0.2) is 0 Å². The molecule has 0 aromatic heterocycles. The summed E-state index contributed by atoms with van der Waals surface area (Å²) in [7, 11) is 0. The van der Waals surface area contributed by atoms with E-state index in [1.165, 1.54) is 0 Å². The molecule has 570 valence electrons. The summed E-state index contributed by atoms with van der Waals surface area (Å²) in [4.78, 5) is 0. The van der Waals surface area contributed by atoms with Crippen LogP contribution in [0.25, 0.3) is 0 Å². The van der Waals surface area contributed by atoms with E-state index >= 15 is 0 Å². The molecule has 8 aliphatic rings. The molecule has 0 bridgehead atoms. The summed E-state index contributed by atoms with van der Waals surface area (Å²) in [6.07, 6.45) is -41.9. The number of aliphatic hydroxyl groups excluding tert-OH is 12. The summed E-state index contributed by atoms with van der Waals surface area (Å²) in [6.45, 7) is -0.173. The SMILES string of the molecule is NCC1O[C@H](OC2C(N)C[C@@H](N)C(O)[C@H]2O[C@@H]2O[C@H](CNC(=S)NCCOCCOCCNC(=S)NC[C@H]3O[C@@H](OC4C(O[C@@H]5OC(CN)C(O)[C@H](O)C5N)C(N)C[C@H](N)[C@@H]4O)C(O)C3O[C@@H]3O[C@H](CN)C(O)C(O)C3N)C(O[C@H]3O[C@@H](CN)C(O)C(O)C3N)[C@@H]2O)C(N)[C@@H](O)C1O. The third-order valence-electron chi connectivity index (χ3n) is 18.7. The largest absolute Gasteiger partial charge is 0.389 e. The number of thiocarbonyl (C=S) groups is 2. The molecule has 0 aromatic rings. The Morgan fingerprint density at radius 3 is 0.857 bits per heavy atom. The molecule has 6 aliphatic heterocycles. The van der Waals surface area contributed by atoms with Crippen molar-refractivity contribution < 1.29 is 128 Å². The van der Waals surface area contributed by atoms with Crippen molar-refractivity contribution in [3.63, 3.8) is 0 Å². The Kier molecular flexibility index (Phi) is 31.0. The second-order valence-electron chi connectivity index (χ2n) is 25.6. The number of aliphatic hydroxyl groups is 12. The lowest BCUT2D eigenvalue weighted by Gasteiger charge is -2.47. The quantitative estimate of drug-likeness (QED) is 0.0244. The molecule has 0 radical (unpaired) electrons. The van der Waals surface area contributed by atoms with Gasteiger partial charge in [-0.2, -0.15) is 0 Å². The standard InChI is InChI=1S/C54H106N16O26S2/c55-9-19-31(73)35(77)25(63)47(85-19)91-41-17(61)7-15(59)29(71)45(41)95-51-39(81)43(93-49-27(65)37(79)33(75)21(11-57)87-49)23(89-51)13-69-53(97)67-1-3-83-5-6-84-4-2-68-54(98)70-14-24-44(94-50-28(66)38(80)34(76)22(12-58)88-50)40(82)52(90-24)96-46-30(72)16(60)8-18(62)42(46)92-48-26(64)36(78)32(74)20(10-56)86-48/h15-52,71-82H,1-14,55-66H2,(H2,67,69,97)(H2,68,70,98)/t15-,16+,17?,18?,19?,20?,21+,22-,23-,24-,25?,26?,27?,28?,29?,30+,31?,32?,33?,34?,35-,36-,37?,38?,39+,40?,41?,42?,43?,44?,45-,46?,47-,48+,49-,50+,51+,52+/m1/s1. The summed E-state index contributed by atoms with van der Waals surface area (Å²) in [5.41, 5.74) is 73.6. The average molecular weight is 1460 g/mol. The van der Waals surface area contributed by atoms with E-state index in [0.717, 1.165) is 0 Å². The molecule has 6 saturated heterocycles. The van der Waals surface area contributed by atoms with Crippen molar-refractivity contribution in [1.82, 2.24) is 21.3 Å². The van der Waals surface area contributed by atoms with E-state index in [4.69, 9.17) is 160 Å². The van der Waals surface area contributed by atoms with Crippen molar-refractivity contribution in [1.29, 1.82) is 0 Å². The topological polar surface area (TPSA) is 732 Å². The number of nitrogens with two attached hydrogens (primary N) is 12. The first kappa shape index (κ1) is 81.5. The minimum absolute atomic E-state index is 0.0251. The number of nitrogens with one attached hydrogen (secondary N) is 4. The third kappa shape index (κ3) is 19.3. The van der Waals surface area contributed by atoms with E-state index in [-0.39, 0.29) is 102 Å². The number of hydrogen-bond acceptors (Lipinski definition) is 40. The molecular formula is C54H106N16O26S2. The van der Waals surface area contributed by atoms with Gasteiger partial charge in [-0.05, 0) is 37.3 Å². The van der Waals surface area contributed by atoms with Crippen LogP contribution in [0.3, 0.4) is 0 Å². The highest BCUT2D eigenvalue weighted by Crippen LogP contribution is 2.37. The Bertz CT molecular complexity index is 2280. The molecule has 0 amide bonds. The second-order valence-corrected chi connectivity index (χ2v) is 26.4. The summed E-state index contributed by atoms with van der Waals surface area (Å²) in [5, 5.41) is 144. The second kappa shape index (κ2) is 37.2. The van der Waals surface area contributed by atoms with Crippen LogP contribution in [-0.4, -0.2) is 383 Å². The molecule has 42 nitrogen and oxygen atoms in total. The minimum Gasteiger partial charge on any atom is -0.389 e. The van der Waals surface area contributed by atoms with Crippen LogP contribution in [0.4, 0.5) is 0 Å². The van der Waals surface area contributed by atoms with Gasteiger partial charge in [0.15, 0.2) is 48.0 Å². The Balaban J connectivity index is 0.793. The van der Waals surface area contributed by atoms with Crippen LogP contribution >= 0.6 is 24.4 Å². The molecule has 21 unspecified atom stereocenters. The van der Waals surface area contributed by atoms with Gasteiger partial charge in [0, 0.05) is 76.5 Å². The van der Waals surface area contributed by atoms with E-state index in [2.05, 4.69) is 21.3 Å². The molecule has 8 rings (SSSR count). The first-order chi connectivity index (χ1) is 46.5. The van der Waals surface area contributed by atoms with Crippen molar-refractivity contribution in [2.75, 3.05) is 78.8 Å². The number of ether oxygens (including phenoxy) is 14. The fourth-order valence-electron chi connectivity index (χ4n) is 12.8. The smallest absolute Gasteiger partial charge is 0.187 e. The molecular weight excluding hydrogens is 1350 g/mol. The van der Waals surface area contributed by atoms with Crippen molar-refractivity contribution in [2.24, 2.45) is 68.8 Å². The monoisotopic (exact) mass is 1460 g/mol. The zero-order valence-electron chi connectivity index (χ0n) is 53.7. The van der Waals surface area contributed by atoms with Gasteiger partial charge in [0.05, 0.1) is 62.8 Å². The maximum atomic E-state index is 11.9. The van der Waals surface area contributed by atoms with Gasteiger partial charge in [-0.1, -0.05) is 0 Å². The molecule has 6 heterocycles. The maximum Gasteiger partial charge on any atom is 0.187 e. The van der Waals surface area contributed by atoms with Gasteiger partial charge in [0.2, 0.25) is 0 Å². The Labute approximate surface area is 574 Å². The van der Waals surface area contributed by atoms with Gasteiger partial charge in [-0.3, -0.25) is 0 Å². The highest BCUT2D eigenvalue weighted by atomic mass is 32.1. The molecule has 98 heavy (non-hydrogen) atoms. The lowest BCUT2D eigenvalue weighted by molar-refractivity contribution is -0.306. The molecule has 0 spiro atoms. The van der Waals surface area contributed by atoms with Crippen LogP contribution in [0.5, 0.6) is 0 Å². The number of hydrogen-bond donors (Lipinski definition) is 28. The van der Waals surface area contributed by atoms with E-state index < -0.39 is 233 Å².